The first-order valence-electron chi connectivity index (χ1n) is 10.7. The highest BCUT2D eigenvalue weighted by Gasteiger charge is 2.51. The molecule has 0 aliphatic carbocycles. The van der Waals surface area contributed by atoms with Gasteiger partial charge in [0.2, 0.25) is 5.91 Å². The van der Waals surface area contributed by atoms with Crippen LogP contribution in [0.3, 0.4) is 0 Å². The Labute approximate surface area is 203 Å². The highest BCUT2D eigenvalue weighted by Crippen LogP contribution is 2.52. The molecule has 1 aliphatic heterocycles. The van der Waals surface area contributed by atoms with Crippen molar-refractivity contribution in [2.75, 3.05) is 4.90 Å². The molecule has 0 saturated carbocycles. The van der Waals surface area contributed by atoms with Gasteiger partial charge < -0.3 is 5.11 Å². The first-order chi connectivity index (χ1) is 15.7. The van der Waals surface area contributed by atoms with Crippen molar-refractivity contribution in [1.29, 1.82) is 0 Å². The molecule has 1 aliphatic rings. The first kappa shape index (κ1) is 23.3. The molecule has 1 aromatic heterocycles. The summed E-state index contributed by atoms with van der Waals surface area (Å²) in [7, 11) is 0. The zero-order valence-electron chi connectivity index (χ0n) is 18.3. The summed E-state index contributed by atoms with van der Waals surface area (Å²) in [6.07, 6.45) is 1.74. The Hall–Kier alpha value is -2.89. The van der Waals surface area contributed by atoms with Gasteiger partial charge in [0.1, 0.15) is 5.82 Å². The lowest BCUT2D eigenvalue weighted by atomic mass is 9.67. The number of pyridine rings is 1. The number of anilines is 1. The van der Waals surface area contributed by atoms with Gasteiger partial charge in [-0.05, 0) is 66.4 Å². The fourth-order valence-corrected chi connectivity index (χ4v) is 5.06. The van der Waals surface area contributed by atoms with E-state index in [-0.39, 0.29) is 18.2 Å². The van der Waals surface area contributed by atoms with Gasteiger partial charge in [-0.2, -0.15) is 0 Å². The topological polar surface area (TPSA) is 70.5 Å². The fraction of sp³-hybridized carbons (Fsp3) is 0.269. The molecular formula is C26H24Cl2N2O3. The Bertz CT molecular complexity index is 1200. The number of piperidine rings is 1. The van der Waals surface area contributed by atoms with E-state index in [1.54, 1.807) is 36.2 Å². The van der Waals surface area contributed by atoms with Crippen molar-refractivity contribution >= 4 is 40.9 Å². The number of carboxylic acid groups (broad SMARTS) is 1. The van der Waals surface area contributed by atoms with Gasteiger partial charge in [0.25, 0.3) is 0 Å². The second-order valence-electron chi connectivity index (χ2n) is 8.86. The Morgan fingerprint density at radius 3 is 2.45 bits per heavy atom. The third-order valence-corrected chi connectivity index (χ3v) is 6.73. The number of aliphatic carboxylic acids is 1. The zero-order valence-corrected chi connectivity index (χ0v) is 19.8. The van der Waals surface area contributed by atoms with E-state index in [1.165, 1.54) is 0 Å². The minimum Gasteiger partial charge on any atom is -0.481 e. The van der Waals surface area contributed by atoms with Crippen LogP contribution in [0.4, 0.5) is 5.82 Å². The molecule has 33 heavy (non-hydrogen) atoms. The minimum atomic E-state index is -1.12. The number of aromatic nitrogens is 1. The number of amides is 1. The van der Waals surface area contributed by atoms with Crippen LogP contribution in [0.15, 0.2) is 66.9 Å². The van der Waals surface area contributed by atoms with Gasteiger partial charge in [0, 0.05) is 22.2 Å². The highest BCUT2D eigenvalue weighted by molar-refractivity contribution is 6.30. The van der Waals surface area contributed by atoms with Crippen LogP contribution >= 0.6 is 23.2 Å². The summed E-state index contributed by atoms with van der Waals surface area (Å²) in [5, 5.41) is 10.8. The molecule has 0 bridgehead atoms. The summed E-state index contributed by atoms with van der Waals surface area (Å²) in [5.41, 5.74) is 1.66. The Morgan fingerprint density at radius 1 is 1.09 bits per heavy atom. The molecule has 2 heterocycles. The van der Waals surface area contributed by atoms with Crippen LogP contribution < -0.4 is 4.90 Å². The summed E-state index contributed by atoms with van der Waals surface area (Å²) >= 11 is 12.5. The maximum atomic E-state index is 14.0. The van der Waals surface area contributed by atoms with Gasteiger partial charge >= 0.3 is 5.97 Å². The molecule has 1 saturated heterocycles. The number of carbonyl (C=O) groups excluding carboxylic acids is 1. The maximum Gasteiger partial charge on any atom is 0.304 e. The number of benzene rings is 2. The van der Waals surface area contributed by atoms with E-state index < -0.39 is 17.4 Å². The summed E-state index contributed by atoms with van der Waals surface area (Å²) < 4.78 is 0. The number of rotatable bonds is 5. The molecule has 1 fully saturated rings. The molecule has 4 rings (SSSR count). The quantitative estimate of drug-likeness (QED) is 0.454. The van der Waals surface area contributed by atoms with E-state index >= 15 is 0 Å². The van der Waals surface area contributed by atoms with E-state index in [1.807, 2.05) is 49.4 Å². The summed E-state index contributed by atoms with van der Waals surface area (Å²) in [4.78, 5) is 31.9. The number of hydrogen-bond donors (Lipinski definition) is 1. The second kappa shape index (κ2) is 9.16. The van der Waals surface area contributed by atoms with Gasteiger partial charge in [-0.15, -0.1) is 0 Å². The number of halogens is 2. The number of aryl methyl sites for hydroxylation is 1. The molecule has 3 atom stereocenters. The summed E-state index contributed by atoms with van der Waals surface area (Å²) in [6.45, 7) is 3.66. The molecule has 170 valence electrons. The van der Waals surface area contributed by atoms with Gasteiger partial charge in [0.15, 0.2) is 0 Å². The number of hydrogen-bond acceptors (Lipinski definition) is 3. The fourth-order valence-electron chi connectivity index (χ4n) is 4.74. The van der Waals surface area contributed by atoms with Crippen molar-refractivity contribution in [2.24, 2.45) is 5.41 Å². The molecule has 3 aromatic rings. The second-order valence-corrected chi connectivity index (χ2v) is 9.73. The molecule has 5 nitrogen and oxygen atoms in total. The maximum absolute atomic E-state index is 14.0. The molecule has 1 N–H and O–H groups in total. The lowest BCUT2D eigenvalue weighted by Gasteiger charge is -2.48. The molecule has 0 unspecified atom stereocenters. The Kier molecular flexibility index (Phi) is 6.46. The smallest absolute Gasteiger partial charge is 0.304 e. The van der Waals surface area contributed by atoms with Gasteiger partial charge in [-0.3, -0.25) is 14.5 Å². The number of nitrogens with zero attached hydrogens (tertiary/aromatic N) is 2. The Morgan fingerprint density at radius 2 is 1.82 bits per heavy atom. The molecule has 0 radical (unpaired) electrons. The van der Waals surface area contributed by atoms with Crippen molar-refractivity contribution in [3.63, 3.8) is 0 Å². The normalized spacial score (nSPS) is 22.9. The highest BCUT2D eigenvalue weighted by atomic mass is 35.5. The van der Waals surface area contributed by atoms with Crippen LogP contribution in [0, 0.1) is 12.3 Å². The first-order valence-corrected chi connectivity index (χ1v) is 11.4. The van der Waals surface area contributed by atoms with Crippen LogP contribution in [0.25, 0.3) is 0 Å². The van der Waals surface area contributed by atoms with E-state index in [4.69, 9.17) is 23.2 Å². The predicted molar refractivity (Wildman–Crippen MR) is 130 cm³/mol. The lowest BCUT2D eigenvalue weighted by molar-refractivity contribution is -0.145. The molecule has 1 amide bonds. The number of carboxylic acids is 1. The average molecular weight is 483 g/mol. The summed E-state index contributed by atoms with van der Waals surface area (Å²) in [5.74, 6) is -1.00. The van der Waals surface area contributed by atoms with Crippen molar-refractivity contribution in [3.05, 3.63) is 93.6 Å². The van der Waals surface area contributed by atoms with Crippen molar-refractivity contribution < 1.29 is 14.7 Å². The van der Waals surface area contributed by atoms with E-state index in [0.717, 1.165) is 16.7 Å². The van der Waals surface area contributed by atoms with Gasteiger partial charge in [-0.1, -0.05) is 54.4 Å². The van der Waals surface area contributed by atoms with Crippen LogP contribution in [-0.4, -0.2) is 22.0 Å². The van der Waals surface area contributed by atoms with Crippen molar-refractivity contribution in [2.45, 2.75) is 38.6 Å². The Balaban J connectivity index is 1.96. The summed E-state index contributed by atoms with van der Waals surface area (Å²) in [6, 6.07) is 18.2. The van der Waals surface area contributed by atoms with Crippen LogP contribution in [0.2, 0.25) is 10.0 Å². The monoisotopic (exact) mass is 482 g/mol. The van der Waals surface area contributed by atoms with E-state index in [9.17, 15) is 14.7 Å². The largest absolute Gasteiger partial charge is 0.481 e. The molecule has 2 aromatic carbocycles. The predicted octanol–water partition coefficient (Wildman–Crippen LogP) is 6.44. The SMILES string of the molecule is Cc1ccnc(N2C(=O)[C@@](C)(CC(=O)O)C[C@H](c3cccc(Cl)c3)[C@H]2c2ccc(Cl)cc2)c1. The van der Waals surface area contributed by atoms with E-state index in [0.29, 0.717) is 22.3 Å². The standard InChI is InChI=1S/C26H24Cl2N2O3/c1-16-10-11-29-22(12-16)30-24(17-6-8-19(27)9-7-17)21(18-4-3-5-20(28)13-18)14-26(2,25(30)33)15-23(31)32/h3-13,21,24H,14-15H2,1-2H3,(H,31,32)/t21-,24-,26-/m1/s1. The van der Waals surface area contributed by atoms with Crippen LogP contribution in [-0.2, 0) is 9.59 Å². The van der Waals surface area contributed by atoms with Crippen molar-refractivity contribution in [3.8, 4) is 0 Å². The minimum absolute atomic E-state index is 0.214. The van der Waals surface area contributed by atoms with Gasteiger partial charge in [0.05, 0.1) is 17.9 Å². The molecule has 0 spiro atoms. The lowest BCUT2D eigenvalue weighted by Crippen LogP contribution is -2.53. The van der Waals surface area contributed by atoms with Crippen molar-refractivity contribution in [1.82, 2.24) is 4.98 Å². The molecule has 7 heteroatoms. The average Bonchev–Trinajstić information content (AvgIpc) is 2.75. The third-order valence-electron chi connectivity index (χ3n) is 6.24. The van der Waals surface area contributed by atoms with Crippen LogP contribution in [0.1, 0.15) is 48.4 Å². The third kappa shape index (κ3) is 4.75. The zero-order chi connectivity index (χ0) is 23.8. The molecular weight excluding hydrogens is 459 g/mol. The van der Waals surface area contributed by atoms with Crippen LogP contribution in [0.5, 0.6) is 0 Å². The van der Waals surface area contributed by atoms with E-state index in [2.05, 4.69) is 4.98 Å². The van der Waals surface area contributed by atoms with Gasteiger partial charge in [-0.25, -0.2) is 4.98 Å². The number of carbonyl (C=O) groups is 2.